The van der Waals surface area contributed by atoms with Gasteiger partial charge in [0, 0.05) is 0 Å². The van der Waals surface area contributed by atoms with Gasteiger partial charge in [0.15, 0.2) is 17.5 Å². The fourth-order valence-corrected chi connectivity index (χ4v) is 1.60. The lowest BCUT2D eigenvalue weighted by Crippen LogP contribution is -2.04. The summed E-state index contributed by atoms with van der Waals surface area (Å²) in [4.78, 5) is 4.06. The van der Waals surface area contributed by atoms with E-state index in [1.54, 1.807) is 0 Å². The number of rotatable bonds is 5. The summed E-state index contributed by atoms with van der Waals surface area (Å²) in [6.07, 6.45) is 0.774. The first-order valence-corrected chi connectivity index (χ1v) is 6.32. The summed E-state index contributed by atoms with van der Waals surface area (Å²) in [6, 6.07) is 4.91. The number of ether oxygens (including phenoxy) is 1. The van der Waals surface area contributed by atoms with E-state index in [-0.39, 0.29) is 17.4 Å². The van der Waals surface area contributed by atoms with Crippen molar-refractivity contribution < 1.29 is 17.9 Å². The van der Waals surface area contributed by atoms with Crippen LogP contribution in [0.25, 0.3) is 0 Å². The van der Waals surface area contributed by atoms with Gasteiger partial charge in [-0.15, -0.1) is 0 Å². The Balaban J connectivity index is 2.26. The van der Waals surface area contributed by atoms with Gasteiger partial charge in [-0.2, -0.15) is 4.98 Å². The zero-order valence-corrected chi connectivity index (χ0v) is 11.3. The fraction of sp³-hybridized carbons (Fsp3) is 0.214. The molecule has 0 fully saturated rings. The van der Waals surface area contributed by atoms with Crippen LogP contribution in [-0.2, 0) is 0 Å². The van der Waals surface area contributed by atoms with Gasteiger partial charge in [-0.1, -0.05) is 6.92 Å². The molecule has 0 bridgehead atoms. The Labute approximate surface area is 119 Å². The van der Waals surface area contributed by atoms with Crippen molar-refractivity contribution in [2.45, 2.75) is 13.3 Å². The standard InChI is InChI=1S/C14H14F3N3O/c1-2-7-21-14-9(18)4-6-11(20-14)19-10-5-3-8(15)12(16)13(10)17/h3-6H,2,7,18H2,1H3,(H,19,20). The maximum absolute atomic E-state index is 13.6. The van der Waals surface area contributed by atoms with Gasteiger partial charge in [0.1, 0.15) is 5.82 Å². The fourth-order valence-electron chi connectivity index (χ4n) is 1.60. The summed E-state index contributed by atoms with van der Waals surface area (Å²) in [7, 11) is 0. The number of benzene rings is 1. The highest BCUT2D eigenvalue weighted by molar-refractivity contribution is 5.61. The lowest BCUT2D eigenvalue weighted by Gasteiger charge is -2.11. The molecule has 0 aliphatic rings. The maximum Gasteiger partial charge on any atom is 0.239 e. The third kappa shape index (κ3) is 3.36. The molecule has 0 spiro atoms. The molecule has 1 aromatic heterocycles. The van der Waals surface area contributed by atoms with E-state index in [1.165, 1.54) is 12.1 Å². The number of nitrogens with one attached hydrogen (secondary N) is 1. The molecular weight excluding hydrogens is 283 g/mol. The van der Waals surface area contributed by atoms with E-state index in [9.17, 15) is 13.2 Å². The second-order valence-corrected chi connectivity index (χ2v) is 4.29. The molecule has 7 heteroatoms. The Morgan fingerprint density at radius 2 is 1.90 bits per heavy atom. The van der Waals surface area contributed by atoms with Crippen LogP contribution in [0.15, 0.2) is 24.3 Å². The van der Waals surface area contributed by atoms with E-state index >= 15 is 0 Å². The van der Waals surface area contributed by atoms with Crippen LogP contribution < -0.4 is 15.8 Å². The number of nitrogen functional groups attached to an aromatic ring is 1. The van der Waals surface area contributed by atoms with Crippen molar-refractivity contribution in [3.63, 3.8) is 0 Å². The Kier molecular flexibility index (Phi) is 4.52. The van der Waals surface area contributed by atoms with Gasteiger partial charge in [-0.05, 0) is 30.7 Å². The summed E-state index contributed by atoms with van der Waals surface area (Å²) < 4.78 is 44.9. The van der Waals surface area contributed by atoms with Crippen LogP contribution in [0.4, 0.5) is 30.4 Å². The third-order valence-corrected chi connectivity index (χ3v) is 2.63. The molecule has 0 saturated heterocycles. The molecule has 0 amide bonds. The zero-order chi connectivity index (χ0) is 15.4. The molecule has 2 rings (SSSR count). The lowest BCUT2D eigenvalue weighted by molar-refractivity contribution is 0.307. The number of pyridine rings is 1. The van der Waals surface area contributed by atoms with E-state index < -0.39 is 17.5 Å². The molecule has 0 radical (unpaired) electrons. The monoisotopic (exact) mass is 297 g/mol. The first-order valence-electron chi connectivity index (χ1n) is 6.32. The van der Waals surface area contributed by atoms with E-state index in [0.717, 1.165) is 18.6 Å². The predicted octanol–water partition coefficient (Wildman–Crippen LogP) is 3.61. The highest BCUT2D eigenvalue weighted by Gasteiger charge is 2.14. The van der Waals surface area contributed by atoms with Crippen LogP contribution in [0.2, 0.25) is 0 Å². The first-order chi connectivity index (χ1) is 10.0. The number of aromatic nitrogens is 1. The van der Waals surface area contributed by atoms with Gasteiger partial charge in [0.25, 0.3) is 0 Å². The highest BCUT2D eigenvalue weighted by Crippen LogP contribution is 2.26. The highest BCUT2D eigenvalue weighted by atomic mass is 19.2. The Morgan fingerprint density at radius 3 is 2.62 bits per heavy atom. The van der Waals surface area contributed by atoms with Gasteiger partial charge in [-0.3, -0.25) is 0 Å². The van der Waals surface area contributed by atoms with Crippen molar-refractivity contribution in [2.24, 2.45) is 0 Å². The smallest absolute Gasteiger partial charge is 0.239 e. The molecule has 0 unspecified atom stereocenters. The van der Waals surface area contributed by atoms with Crippen LogP contribution in [0.3, 0.4) is 0 Å². The van der Waals surface area contributed by atoms with Gasteiger partial charge in [0.2, 0.25) is 5.88 Å². The molecule has 0 saturated carbocycles. The predicted molar refractivity (Wildman–Crippen MR) is 74.0 cm³/mol. The average molecular weight is 297 g/mol. The topological polar surface area (TPSA) is 60.2 Å². The van der Waals surface area contributed by atoms with Crippen molar-refractivity contribution in [3.8, 4) is 5.88 Å². The molecule has 0 atom stereocenters. The molecule has 112 valence electrons. The van der Waals surface area contributed by atoms with E-state index in [0.29, 0.717) is 12.3 Å². The largest absolute Gasteiger partial charge is 0.476 e. The molecule has 0 aliphatic carbocycles. The number of nitrogens with zero attached hydrogens (tertiary/aromatic N) is 1. The number of nitrogens with two attached hydrogens (primary N) is 1. The Hall–Kier alpha value is -2.44. The molecule has 0 aliphatic heterocycles. The first kappa shape index (κ1) is 15.0. The van der Waals surface area contributed by atoms with E-state index in [4.69, 9.17) is 10.5 Å². The number of hydrogen-bond acceptors (Lipinski definition) is 4. The third-order valence-electron chi connectivity index (χ3n) is 2.63. The van der Waals surface area contributed by atoms with Gasteiger partial charge in [-0.25, -0.2) is 13.2 Å². The maximum atomic E-state index is 13.6. The Bertz CT molecular complexity index is 650. The van der Waals surface area contributed by atoms with Crippen molar-refractivity contribution in [3.05, 3.63) is 41.7 Å². The van der Waals surface area contributed by atoms with Crippen molar-refractivity contribution in [2.75, 3.05) is 17.7 Å². The minimum atomic E-state index is -1.54. The summed E-state index contributed by atoms with van der Waals surface area (Å²) in [5.41, 5.74) is 5.80. The molecule has 21 heavy (non-hydrogen) atoms. The average Bonchev–Trinajstić information content (AvgIpc) is 2.48. The van der Waals surface area contributed by atoms with Crippen LogP contribution in [0.5, 0.6) is 5.88 Å². The second kappa shape index (κ2) is 6.34. The zero-order valence-electron chi connectivity index (χ0n) is 11.3. The van der Waals surface area contributed by atoms with E-state index in [1.807, 2.05) is 6.92 Å². The summed E-state index contributed by atoms with van der Waals surface area (Å²) in [5, 5.41) is 2.56. The lowest BCUT2D eigenvalue weighted by atomic mass is 10.2. The molecule has 2 aromatic rings. The van der Waals surface area contributed by atoms with Crippen LogP contribution >= 0.6 is 0 Å². The van der Waals surface area contributed by atoms with Crippen LogP contribution in [0.1, 0.15) is 13.3 Å². The van der Waals surface area contributed by atoms with Crippen molar-refractivity contribution in [1.29, 1.82) is 0 Å². The van der Waals surface area contributed by atoms with Crippen LogP contribution in [-0.4, -0.2) is 11.6 Å². The van der Waals surface area contributed by atoms with Crippen molar-refractivity contribution >= 4 is 17.2 Å². The summed E-state index contributed by atoms with van der Waals surface area (Å²) >= 11 is 0. The second-order valence-electron chi connectivity index (χ2n) is 4.29. The molecule has 1 aromatic carbocycles. The number of hydrogen-bond donors (Lipinski definition) is 2. The normalized spacial score (nSPS) is 10.5. The summed E-state index contributed by atoms with van der Waals surface area (Å²) in [5.74, 6) is -3.71. The molecular formula is C14H14F3N3O. The van der Waals surface area contributed by atoms with Crippen molar-refractivity contribution in [1.82, 2.24) is 4.98 Å². The SMILES string of the molecule is CCCOc1nc(Nc2ccc(F)c(F)c2F)ccc1N. The molecule has 3 N–H and O–H groups in total. The Morgan fingerprint density at radius 1 is 1.14 bits per heavy atom. The number of anilines is 3. The minimum Gasteiger partial charge on any atom is -0.476 e. The van der Waals surface area contributed by atoms with E-state index in [2.05, 4.69) is 10.3 Å². The van der Waals surface area contributed by atoms with Gasteiger partial charge < -0.3 is 15.8 Å². The van der Waals surface area contributed by atoms with Gasteiger partial charge in [0.05, 0.1) is 18.0 Å². The summed E-state index contributed by atoms with van der Waals surface area (Å²) in [6.45, 7) is 2.36. The minimum absolute atomic E-state index is 0.199. The molecule has 1 heterocycles. The van der Waals surface area contributed by atoms with Crippen LogP contribution in [0, 0.1) is 17.5 Å². The number of halogens is 3. The molecule has 4 nitrogen and oxygen atoms in total. The van der Waals surface area contributed by atoms with Gasteiger partial charge >= 0.3 is 0 Å². The quantitative estimate of drug-likeness (QED) is 0.828.